The number of hydrogen-bond donors (Lipinski definition) is 1. The maximum Gasteiger partial charge on any atom is 0.132 e. The topological polar surface area (TPSA) is 29.5 Å². The Morgan fingerprint density at radius 1 is 1.15 bits per heavy atom. The van der Waals surface area contributed by atoms with Crippen LogP contribution in [0.3, 0.4) is 0 Å². The van der Waals surface area contributed by atoms with Crippen LogP contribution in [0.15, 0.2) is 18.2 Å². The third-order valence-corrected chi connectivity index (χ3v) is 4.61. The Kier molecular flexibility index (Phi) is 4.17. The quantitative estimate of drug-likeness (QED) is 0.909. The van der Waals surface area contributed by atoms with E-state index in [1.54, 1.807) is 7.11 Å². The van der Waals surface area contributed by atoms with Crippen molar-refractivity contribution >= 4 is 0 Å². The van der Waals surface area contributed by atoms with Gasteiger partial charge in [0.25, 0.3) is 0 Å². The van der Waals surface area contributed by atoms with Gasteiger partial charge in [-0.1, -0.05) is 19.9 Å². The van der Waals surface area contributed by atoms with E-state index in [0.717, 1.165) is 25.0 Å². The minimum Gasteiger partial charge on any atom is -0.385 e. The number of aliphatic hydroxyl groups excluding tert-OH is 1. The van der Waals surface area contributed by atoms with Gasteiger partial charge in [0.2, 0.25) is 0 Å². The predicted octanol–water partition coefficient (Wildman–Crippen LogP) is 3.98. The van der Waals surface area contributed by atoms with Gasteiger partial charge < -0.3 is 9.84 Å². The van der Waals surface area contributed by atoms with Gasteiger partial charge in [-0.3, -0.25) is 0 Å². The molecule has 1 fully saturated rings. The first-order valence-corrected chi connectivity index (χ1v) is 6.98. The van der Waals surface area contributed by atoms with Crippen LogP contribution in [0.25, 0.3) is 0 Å². The van der Waals surface area contributed by atoms with Gasteiger partial charge in [0.15, 0.2) is 0 Å². The van der Waals surface area contributed by atoms with Crippen molar-refractivity contribution in [3.8, 4) is 0 Å². The lowest BCUT2D eigenvalue weighted by Gasteiger charge is -2.45. The minimum atomic E-state index is -1.08. The molecule has 1 N–H and O–H groups in total. The molecular formula is C16H22F2O2. The number of rotatable bonds is 3. The molecule has 0 aliphatic heterocycles. The van der Waals surface area contributed by atoms with E-state index in [-0.39, 0.29) is 11.0 Å². The number of aliphatic hydroxyl groups is 1. The second-order valence-corrected chi connectivity index (χ2v) is 6.50. The summed E-state index contributed by atoms with van der Waals surface area (Å²) in [6.45, 7) is 4.36. The van der Waals surface area contributed by atoms with Crippen LogP contribution in [-0.4, -0.2) is 17.8 Å². The zero-order valence-corrected chi connectivity index (χ0v) is 12.2. The van der Waals surface area contributed by atoms with Crippen LogP contribution >= 0.6 is 0 Å². The molecule has 0 saturated heterocycles. The first-order chi connectivity index (χ1) is 9.30. The molecule has 0 spiro atoms. The average molecular weight is 284 g/mol. The van der Waals surface area contributed by atoms with E-state index in [0.29, 0.717) is 12.8 Å². The lowest BCUT2D eigenvalue weighted by atomic mass is 9.68. The van der Waals surface area contributed by atoms with Gasteiger partial charge in [-0.2, -0.15) is 0 Å². The van der Waals surface area contributed by atoms with Crippen molar-refractivity contribution in [2.75, 3.05) is 7.11 Å². The summed E-state index contributed by atoms with van der Waals surface area (Å²) in [5.41, 5.74) is -0.468. The standard InChI is InChI=1S/C16H22F2O2/c1-15(2)6-8-16(20-3,9-7-15)14(19)12-5-4-11(17)10-13(12)18/h4-5,10,14,19H,6-9H2,1-3H3. The minimum absolute atomic E-state index is 0.105. The van der Waals surface area contributed by atoms with Crippen molar-refractivity contribution in [2.45, 2.75) is 51.2 Å². The molecule has 2 rings (SSSR count). The zero-order valence-electron chi connectivity index (χ0n) is 12.2. The number of methoxy groups -OCH3 is 1. The summed E-state index contributed by atoms with van der Waals surface area (Å²) in [5.74, 6) is -1.37. The molecule has 1 aliphatic rings. The molecule has 4 heteroatoms. The summed E-state index contributed by atoms with van der Waals surface area (Å²) in [6.07, 6.45) is 2.05. The number of halogens is 2. The third-order valence-electron chi connectivity index (χ3n) is 4.61. The monoisotopic (exact) mass is 284 g/mol. The van der Waals surface area contributed by atoms with Crippen LogP contribution in [-0.2, 0) is 4.74 Å². The molecule has 112 valence electrons. The fourth-order valence-corrected chi connectivity index (χ4v) is 2.95. The second-order valence-electron chi connectivity index (χ2n) is 6.50. The van der Waals surface area contributed by atoms with Gasteiger partial charge in [-0.05, 0) is 37.2 Å². The van der Waals surface area contributed by atoms with Gasteiger partial charge in [0.05, 0.1) is 5.60 Å². The zero-order chi connectivity index (χ0) is 15.0. The highest BCUT2D eigenvalue weighted by Gasteiger charge is 2.45. The highest BCUT2D eigenvalue weighted by atomic mass is 19.1. The molecule has 1 aromatic rings. The molecule has 2 nitrogen and oxygen atoms in total. The summed E-state index contributed by atoms with van der Waals surface area (Å²) in [5, 5.41) is 10.6. The van der Waals surface area contributed by atoms with Gasteiger partial charge in [-0.25, -0.2) is 8.78 Å². The fourth-order valence-electron chi connectivity index (χ4n) is 2.95. The van der Waals surface area contributed by atoms with Crippen molar-refractivity contribution in [1.29, 1.82) is 0 Å². The molecule has 0 bridgehead atoms. The first kappa shape index (κ1) is 15.4. The van der Waals surface area contributed by atoms with Gasteiger partial charge in [0.1, 0.15) is 17.7 Å². The molecule has 20 heavy (non-hydrogen) atoms. The van der Waals surface area contributed by atoms with E-state index >= 15 is 0 Å². The predicted molar refractivity (Wildman–Crippen MR) is 73.3 cm³/mol. The van der Waals surface area contributed by atoms with Crippen LogP contribution in [0, 0.1) is 17.0 Å². The molecule has 1 atom stereocenters. The smallest absolute Gasteiger partial charge is 0.132 e. The van der Waals surface area contributed by atoms with Crippen LogP contribution in [0.2, 0.25) is 0 Å². The molecule has 1 saturated carbocycles. The van der Waals surface area contributed by atoms with Crippen molar-refractivity contribution < 1.29 is 18.6 Å². The summed E-state index contributed by atoms with van der Waals surface area (Å²) < 4.78 is 32.4. The molecule has 0 aromatic heterocycles. The Bertz CT molecular complexity index is 475. The van der Waals surface area contributed by atoms with Crippen LogP contribution in [0.5, 0.6) is 0 Å². The SMILES string of the molecule is COC1(C(O)c2ccc(F)cc2F)CCC(C)(C)CC1. The molecular weight excluding hydrogens is 262 g/mol. The Hall–Kier alpha value is -1.00. The number of hydrogen-bond acceptors (Lipinski definition) is 2. The maximum absolute atomic E-state index is 13.9. The highest BCUT2D eigenvalue weighted by molar-refractivity contribution is 5.24. The lowest BCUT2D eigenvalue weighted by molar-refractivity contribution is -0.139. The maximum atomic E-state index is 13.9. The van der Waals surface area contributed by atoms with Gasteiger partial charge in [0, 0.05) is 18.7 Å². The Labute approximate surface area is 118 Å². The van der Waals surface area contributed by atoms with E-state index < -0.39 is 23.3 Å². The van der Waals surface area contributed by atoms with E-state index in [2.05, 4.69) is 13.8 Å². The summed E-state index contributed by atoms with van der Waals surface area (Å²) in [6, 6.07) is 3.27. The highest BCUT2D eigenvalue weighted by Crippen LogP contribution is 2.47. The number of benzene rings is 1. The van der Waals surface area contributed by atoms with E-state index in [1.165, 1.54) is 6.07 Å². The van der Waals surface area contributed by atoms with Crippen LogP contribution in [0.1, 0.15) is 51.2 Å². The molecule has 0 radical (unpaired) electrons. The second kappa shape index (κ2) is 5.41. The molecule has 0 heterocycles. The third kappa shape index (κ3) is 2.86. The largest absolute Gasteiger partial charge is 0.385 e. The first-order valence-electron chi connectivity index (χ1n) is 6.98. The molecule has 1 unspecified atom stereocenters. The van der Waals surface area contributed by atoms with E-state index in [4.69, 9.17) is 4.74 Å². The fraction of sp³-hybridized carbons (Fsp3) is 0.625. The molecule has 1 aromatic carbocycles. The summed E-state index contributed by atoms with van der Waals surface area (Å²) >= 11 is 0. The van der Waals surface area contributed by atoms with Gasteiger partial charge >= 0.3 is 0 Å². The summed E-state index contributed by atoms with van der Waals surface area (Å²) in [7, 11) is 1.54. The number of ether oxygens (including phenoxy) is 1. The van der Waals surface area contributed by atoms with Crippen molar-refractivity contribution in [2.24, 2.45) is 5.41 Å². The van der Waals surface area contributed by atoms with Crippen molar-refractivity contribution in [1.82, 2.24) is 0 Å². The Balaban J connectivity index is 2.27. The van der Waals surface area contributed by atoms with E-state index in [1.807, 2.05) is 0 Å². The Morgan fingerprint density at radius 2 is 1.75 bits per heavy atom. The van der Waals surface area contributed by atoms with Crippen molar-refractivity contribution in [3.05, 3.63) is 35.4 Å². The van der Waals surface area contributed by atoms with Crippen LogP contribution in [0.4, 0.5) is 8.78 Å². The van der Waals surface area contributed by atoms with Crippen LogP contribution < -0.4 is 0 Å². The molecule has 0 amide bonds. The normalized spacial score (nSPS) is 22.5. The Morgan fingerprint density at radius 3 is 2.25 bits per heavy atom. The lowest BCUT2D eigenvalue weighted by Crippen LogP contribution is -2.44. The summed E-state index contributed by atoms with van der Waals surface area (Å²) in [4.78, 5) is 0. The molecule has 1 aliphatic carbocycles. The van der Waals surface area contributed by atoms with Crippen molar-refractivity contribution in [3.63, 3.8) is 0 Å². The average Bonchev–Trinajstić information content (AvgIpc) is 2.39. The van der Waals surface area contributed by atoms with E-state index in [9.17, 15) is 13.9 Å². The van der Waals surface area contributed by atoms with Gasteiger partial charge in [-0.15, -0.1) is 0 Å².